The van der Waals surface area contributed by atoms with E-state index in [2.05, 4.69) is 0 Å². The Kier molecular flexibility index (Phi) is 108. The van der Waals surface area contributed by atoms with Crippen molar-refractivity contribution < 1.29 is 15.1 Å². The molecule has 0 aliphatic carbocycles. The normalized spacial score (nSPS) is 3.38. The second-order valence-electron chi connectivity index (χ2n) is 0.346. The minimum absolute atomic E-state index is 0. The summed E-state index contributed by atoms with van der Waals surface area (Å²) in [6, 6.07) is 0. The Hall–Kier alpha value is 1.10. The van der Waals surface area contributed by atoms with Crippen LogP contribution in [0.5, 0.6) is 0 Å². The Labute approximate surface area is 72.3 Å². The largest absolute Gasteiger partial charge is 0.631 e. The zero-order valence-electron chi connectivity index (χ0n) is 3.55. The van der Waals surface area contributed by atoms with Crippen LogP contribution >= 0.6 is 49.6 Å². The van der Waals surface area contributed by atoms with E-state index in [1.165, 1.54) is 0 Å². The van der Waals surface area contributed by atoms with Gasteiger partial charge in [0.05, 0.1) is 0 Å². The molecule has 0 bridgehead atoms. The maximum Gasteiger partial charge on any atom is 0.631 e. The number of halogens is 4. The van der Waals surface area contributed by atoms with Crippen molar-refractivity contribution in [2.45, 2.75) is 0 Å². The third-order valence-corrected chi connectivity index (χ3v) is 0. The lowest BCUT2D eigenvalue weighted by atomic mass is 10.3. The molecule has 0 spiro atoms. The molecule has 0 aliphatic heterocycles. The van der Waals surface area contributed by atoms with Crippen molar-refractivity contribution in [3.63, 3.8) is 0 Å². The van der Waals surface area contributed by atoms with Crippen LogP contribution < -0.4 is 0 Å². The van der Waals surface area contributed by atoms with Gasteiger partial charge in [-0.2, -0.15) is 0 Å². The number of hydrogen-bond acceptors (Lipinski definition) is 3. The fraction of sp³-hybridized carbons (Fsp3) is 0. The summed E-state index contributed by atoms with van der Waals surface area (Å²) < 4.78 is 0. The molecule has 8 heteroatoms. The van der Waals surface area contributed by atoms with E-state index >= 15 is 0 Å². The molecule has 8 heavy (non-hydrogen) atoms. The van der Waals surface area contributed by atoms with Crippen LogP contribution in [0.4, 0.5) is 0 Å². The zero-order chi connectivity index (χ0) is 3.58. The van der Waals surface area contributed by atoms with E-state index in [9.17, 15) is 0 Å². The minimum atomic E-state index is -2.17. The highest BCUT2D eigenvalue weighted by atomic mass is 35.5. The van der Waals surface area contributed by atoms with Crippen LogP contribution in [0.3, 0.4) is 0 Å². The van der Waals surface area contributed by atoms with E-state index in [-0.39, 0.29) is 49.6 Å². The van der Waals surface area contributed by atoms with Crippen molar-refractivity contribution in [2.75, 3.05) is 0 Å². The molecule has 56 valence electrons. The lowest BCUT2D eigenvalue weighted by Gasteiger charge is -1.69. The summed E-state index contributed by atoms with van der Waals surface area (Å²) in [4.78, 5) is 0. The van der Waals surface area contributed by atoms with Gasteiger partial charge in [0, 0.05) is 0 Å². The van der Waals surface area contributed by atoms with E-state index in [4.69, 9.17) is 15.1 Å². The molecule has 0 aliphatic rings. The maximum atomic E-state index is 7.17. The molecule has 0 radical (unpaired) electrons. The van der Waals surface area contributed by atoms with Crippen LogP contribution in [0.2, 0.25) is 0 Å². The lowest BCUT2D eigenvalue weighted by Crippen LogP contribution is -2.07. The fourth-order valence-corrected chi connectivity index (χ4v) is 0. The van der Waals surface area contributed by atoms with E-state index in [0.29, 0.717) is 0 Å². The van der Waals surface area contributed by atoms with Crippen molar-refractivity contribution in [3.05, 3.63) is 0 Å². The van der Waals surface area contributed by atoms with Gasteiger partial charge in [0.15, 0.2) is 0 Å². The lowest BCUT2D eigenvalue weighted by molar-refractivity contribution is 0.278. The molecule has 0 aromatic rings. The standard InChI is InChI=1S/BH3O3.4ClH/c2-1(3)4;;;;/h2-4H;4*1H. The van der Waals surface area contributed by atoms with Gasteiger partial charge >= 0.3 is 7.32 Å². The first kappa shape index (κ1) is 35.5. The summed E-state index contributed by atoms with van der Waals surface area (Å²) in [5, 5.41) is 21.5. The summed E-state index contributed by atoms with van der Waals surface area (Å²) >= 11 is 0. The quantitative estimate of drug-likeness (QED) is 0.476. The van der Waals surface area contributed by atoms with Crippen LogP contribution in [-0.4, -0.2) is 22.4 Å². The Morgan fingerprint density at radius 1 is 0.625 bits per heavy atom. The van der Waals surface area contributed by atoms with Crippen LogP contribution in [0, 0.1) is 0 Å². The van der Waals surface area contributed by atoms with Gasteiger partial charge < -0.3 is 15.1 Å². The van der Waals surface area contributed by atoms with Crippen molar-refractivity contribution in [1.29, 1.82) is 0 Å². The molecule has 0 saturated carbocycles. The van der Waals surface area contributed by atoms with Gasteiger partial charge in [-0.05, 0) is 0 Å². The monoisotopic (exact) mass is 206 g/mol. The zero-order valence-corrected chi connectivity index (χ0v) is 6.82. The average Bonchev–Trinajstić information content (AvgIpc) is 0.811. The molecule has 0 fully saturated rings. The summed E-state index contributed by atoms with van der Waals surface area (Å²) in [5.41, 5.74) is 0. The molecule has 0 saturated heterocycles. The maximum absolute atomic E-state index is 7.17. The Morgan fingerprint density at radius 2 is 0.625 bits per heavy atom. The van der Waals surface area contributed by atoms with Gasteiger partial charge in [-0.15, -0.1) is 49.6 Å². The third-order valence-electron chi connectivity index (χ3n) is 0. The smallest absolute Gasteiger partial charge is 0.402 e. The van der Waals surface area contributed by atoms with Crippen molar-refractivity contribution in [2.24, 2.45) is 0 Å². The van der Waals surface area contributed by atoms with E-state index < -0.39 is 7.32 Å². The summed E-state index contributed by atoms with van der Waals surface area (Å²) in [5.74, 6) is 0. The van der Waals surface area contributed by atoms with Gasteiger partial charge in [0.1, 0.15) is 0 Å². The molecule has 0 aromatic heterocycles. The molecular formula is H7BCl4O3. The Bertz CT molecular complexity index is 16.0. The van der Waals surface area contributed by atoms with E-state index in [1.54, 1.807) is 0 Å². The van der Waals surface area contributed by atoms with Crippen LogP contribution in [0.1, 0.15) is 0 Å². The van der Waals surface area contributed by atoms with Crippen molar-refractivity contribution in [3.8, 4) is 0 Å². The first-order chi connectivity index (χ1) is 1.73. The summed E-state index contributed by atoms with van der Waals surface area (Å²) in [7, 11) is -2.17. The van der Waals surface area contributed by atoms with Gasteiger partial charge in [-0.25, -0.2) is 0 Å². The van der Waals surface area contributed by atoms with Gasteiger partial charge in [-0.1, -0.05) is 0 Å². The number of rotatable bonds is 0. The van der Waals surface area contributed by atoms with Crippen LogP contribution in [0.25, 0.3) is 0 Å². The molecule has 3 N–H and O–H groups in total. The molecule has 0 atom stereocenters. The minimum Gasteiger partial charge on any atom is -0.402 e. The van der Waals surface area contributed by atoms with E-state index in [1.807, 2.05) is 0 Å². The van der Waals surface area contributed by atoms with Gasteiger partial charge in [-0.3, -0.25) is 0 Å². The fourth-order valence-electron chi connectivity index (χ4n) is 0. The highest BCUT2D eigenvalue weighted by Crippen LogP contribution is 1.40. The molecule has 0 rings (SSSR count). The van der Waals surface area contributed by atoms with Crippen LogP contribution in [-0.2, 0) is 0 Å². The second-order valence-corrected chi connectivity index (χ2v) is 0.346. The second kappa shape index (κ2) is 24.3. The SMILES string of the molecule is Cl.Cl.Cl.Cl.OB(O)O. The predicted octanol–water partition coefficient (Wildman–Crippen LogP) is -0.365. The summed E-state index contributed by atoms with van der Waals surface area (Å²) in [6.45, 7) is 0. The third kappa shape index (κ3) is 217. The topological polar surface area (TPSA) is 60.7 Å². The molecule has 0 heterocycles. The van der Waals surface area contributed by atoms with Crippen LogP contribution in [0.15, 0.2) is 0 Å². The Balaban J connectivity index is -0.00000000750. The van der Waals surface area contributed by atoms with Crippen molar-refractivity contribution >= 4 is 56.9 Å². The highest BCUT2D eigenvalue weighted by molar-refractivity contribution is 6.30. The molecule has 0 unspecified atom stereocenters. The highest BCUT2D eigenvalue weighted by Gasteiger charge is 1.92. The molecule has 0 amide bonds. The Morgan fingerprint density at radius 3 is 0.625 bits per heavy atom. The predicted molar refractivity (Wildman–Crippen MR) is 41.4 cm³/mol. The molecular weight excluding hydrogens is 201 g/mol. The van der Waals surface area contributed by atoms with E-state index in [0.717, 1.165) is 0 Å². The molecule has 3 nitrogen and oxygen atoms in total. The van der Waals surface area contributed by atoms with Gasteiger partial charge in [0.25, 0.3) is 0 Å². The van der Waals surface area contributed by atoms with Gasteiger partial charge in [0.2, 0.25) is 0 Å². The number of hydrogen-bond donors (Lipinski definition) is 3. The summed E-state index contributed by atoms with van der Waals surface area (Å²) in [6.07, 6.45) is 0. The first-order valence-corrected chi connectivity index (χ1v) is 0.775. The first-order valence-electron chi connectivity index (χ1n) is 0.775. The average molecular weight is 208 g/mol. The molecule has 0 aromatic carbocycles. The van der Waals surface area contributed by atoms with Crippen molar-refractivity contribution in [1.82, 2.24) is 0 Å².